The third-order valence-corrected chi connectivity index (χ3v) is 2.39. The van der Waals surface area contributed by atoms with Gasteiger partial charge in [-0.25, -0.2) is 4.79 Å². The predicted molar refractivity (Wildman–Crippen MR) is 67.0 cm³/mol. The van der Waals surface area contributed by atoms with Gasteiger partial charge in [0.1, 0.15) is 0 Å². The molecule has 0 aliphatic carbocycles. The van der Waals surface area contributed by atoms with Gasteiger partial charge in [0.05, 0.1) is 12.7 Å². The first-order chi connectivity index (χ1) is 9.43. The average Bonchev–Trinajstić information content (AvgIpc) is 2.37. The minimum atomic E-state index is -2.59. The summed E-state index contributed by atoms with van der Waals surface area (Å²) in [6.07, 6.45) is 0. The number of carbonyl (C=O) groups excluding carboxylic acids is 2. The molecule has 0 atom stereocenters. The van der Waals surface area contributed by atoms with E-state index < -0.39 is 27.3 Å². The standard InChI is InChI=1S/C11H13O8P/c1-7(12)17-6-18-11(13)8-3-4-9(19-20(14)15)10(5-8)16-2/h3-5,14-15H,6H2,1-2H3. The van der Waals surface area contributed by atoms with Crippen LogP contribution in [0.15, 0.2) is 18.2 Å². The molecule has 2 N–H and O–H groups in total. The van der Waals surface area contributed by atoms with Gasteiger partial charge >= 0.3 is 20.5 Å². The molecule has 0 unspecified atom stereocenters. The van der Waals surface area contributed by atoms with Crippen LogP contribution in [0.3, 0.4) is 0 Å². The highest BCUT2D eigenvalue weighted by Gasteiger charge is 2.14. The summed E-state index contributed by atoms with van der Waals surface area (Å²) in [7, 11) is -1.27. The van der Waals surface area contributed by atoms with Gasteiger partial charge in [-0.15, -0.1) is 0 Å². The van der Waals surface area contributed by atoms with Crippen LogP contribution >= 0.6 is 8.60 Å². The van der Waals surface area contributed by atoms with Gasteiger partial charge in [-0.2, -0.15) is 0 Å². The van der Waals surface area contributed by atoms with Gasteiger partial charge in [0, 0.05) is 6.92 Å². The number of hydrogen-bond donors (Lipinski definition) is 2. The van der Waals surface area contributed by atoms with Crippen molar-refractivity contribution in [2.75, 3.05) is 13.9 Å². The second-order valence-electron chi connectivity index (χ2n) is 3.40. The highest BCUT2D eigenvalue weighted by molar-refractivity contribution is 7.39. The summed E-state index contributed by atoms with van der Waals surface area (Å²) >= 11 is 0. The Morgan fingerprint density at radius 3 is 2.45 bits per heavy atom. The fourth-order valence-corrected chi connectivity index (χ4v) is 1.53. The third kappa shape index (κ3) is 5.00. The Kier molecular flexibility index (Phi) is 6.17. The van der Waals surface area contributed by atoms with E-state index >= 15 is 0 Å². The zero-order valence-corrected chi connectivity index (χ0v) is 11.6. The van der Waals surface area contributed by atoms with Gasteiger partial charge < -0.3 is 28.5 Å². The Morgan fingerprint density at radius 1 is 1.20 bits per heavy atom. The maximum atomic E-state index is 11.6. The van der Waals surface area contributed by atoms with Crippen LogP contribution in [0.5, 0.6) is 11.5 Å². The SMILES string of the molecule is COc1cc(C(=O)OCOC(C)=O)ccc1OP(O)O. The number of esters is 2. The summed E-state index contributed by atoms with van der Waals surface area (Å²) in [6.45, 7) is 0.693. The molecular formula is C11H13O8P. The van der Waals surface area contributed by atoms with Gasteiger partial charge in [-0.05, 0) is 18.2 Å². The van der Waals surface area contributed by atoms with Crippen molar-refractivity contribution in [1.82, 2.24) is 0 Å². The Morgan fingerprint density at radius 2 is 1.90 bits per heavy atom. The predicted octanol–water partition coefficient (Wildman–Crippen LogP) is 0.963. The second-order valence-corrected chi connectivity index (χ2v) is 4.08. The van der Waals surface area contributed by atoms with Gasteiger partial charge in [0.25, 0.3) is 0 Å². The van der Waals surface area contributed by atoms with Gasteiger partial charge in [0.2, 0.25) is 6.79 Å². The molecule has 0 heterocycles. The van der Waals surface area contributed by atoms with Crippen molar-refractivity contribution >= 4 is 20.5 Å². The summed E-state index contributed by atoms with van der Waals surface area (Å²) < 4.78 is 18.8. The van der Waals surface area contributed by atoms with Crippen LogP contribution in [0, 0.1) is 0 Å². The fraction of sp³-hybridized carbons (Fsp3) is 0.273. The number of ether oxygens (including phenoxy) is 3. The molecule has 0 radical (unpaired) electrons. The zero-order chi connectivity index (χ0) is 15.1. The second kappa shape index (κ2) is 7.64. The van der Waals surface area contributed by atoms with Crippen molar-refractivity contribution in [3.8, 4) is 11.5 Å². The van der Waals surface area contributed by atoms with Crippen molar-refractivity contribution in [2.24, 2.45) is 0 Å². The molecule has 0 spiro atoms. The number of methoxy groups -OCH3 is 1. The van der Waals surface area contributed by atoms with Crippen molar-refractivity contribution in [3.63, 3.8) is 0 Å². The molecule has 0 aliphatic heterocycles. The first kappa shape index (κ1) is 16.2. The van der Waals surface area contributed by atoms with Crippen LogP contribution in [0.25, 0.3) is 0 Å². The molecule has 20 heavy (non-hydrogen) atoms. The lowest BCUT2D eigenvalue weighted by Crippen LogP contribution is -2.11. The Bertz CT molecular complexity index is 487. The van der Waals surface area contributed by atoms with Crippen LogP contribution in [-0.4, -0.2) is 35.6 Å². The van der Waals surface area contributed by atoms with E-state index in [0.717, 1.165) is 0 Å². The monoisotopic (exact) mass is 304 g/mol. The minimum Gasteiger partial charge on any atom is -0.493 e. The summed E-state index contributed by atoms with van der Waals surface area (Å²) in [5.41, 5.74) is 0.126. The molecule has 0 fully saturated rings. The molecule has 0 saturated heterocycles. The largest absolute Gasteiger partial charge is 0.493 e. The van der Waals surface area contributed by atoms with E-state index in [0.29, 0.717) is 0 Å². The van der Waals surface area contributed by atoms with E-state index in [1.54, 1.807) is 0 Å². The third-order valence-electron chi connectivity index (χ3n) is 2.03. The van der Waals surface area contributed by atoms with Crippen LogP contribution < -0.4 is 9.26 Å². The Labute approximate surface area is 115 Å². The van der Waals surface area contributed by atoms with E-state index in [-0.39, 0.29) is 17.1 Å². The first-order valence-electron chi connectivity index (χ1n) is 5.28. The molecule has 110 valence electrons. The lowest BCUT2D eigenvalue weighted by Gasteiger charge is -2.11. The highest BCUT2D eigenvalue weighted by atomic mass is 31.2. The molecule has 0 aromatic heterocycles. The maximum absolute atomic E-state index is 11.6. The van der Waals surface area contributed by atoms with Gasteiger partial charge in [0.15, 0.2) is 11.5 Å². The lowest BCUT2D eigenvalue weighted by molar-refractivity contribution is -0.149. The average molecular weight is 304 g/mol. The molecule has 0 bridgehead atoms. The summed E-state index contributed by atoms with van der Waals surface area (Å²) in [4.78, 5) is 39.7. The van der Waals surface area contributed by atoms with Gasteiger partial charge in [-0.1, -0.05) is 0 Å². The highest BCUT2D eigenvalue weighted by Crippen LogP contribution is 2.36. The molecule has 1 aromatic carbocycles. The topological polar surface area (TPSA) is 112 Å². The molecule has 1 rings (SSSR count). The van der Waals surface area contributed by atoms with E-state index in [2.05, 4.69) is 9.47 Å². The molecular weight excluding hydrogens is 291 g/mol. The van der Waals surface area contributed by atoms with Crippen molar-refractivity contribution in [1.29, 1.82) is 0 Å². The molecule has 0 aliphatic rings. The quantitative estimate of drug-likeness (QED) is 0.454. The van der Waals surface area contributed by atoms with Crippen LogP contribution in [0.4, 0.5) is 0 Å². The molecule has 0 amide bonds. The Hall–Kier alpha value is -1.89. The number of carbonyl (C=O) groups is 2. The van der Waals surface area contributed by atoms with Crippen molar-refractivity contribution in [3.05, 3.63) is 23.8 Å². The smallest absolute Gasteiger partial charge is 0.391 e. The van der Waals surface area contributed by atoms with E-state index in [1.165, 1.54) is 32.2 Å². The molecule has 9 heteroatoms. The Balaban J connectivity index is 2.76. The molecule has 1 aromatic rings. The maximum Gasteiger partial charge on any atom is 0.391 e. The number of benzene rings is 1. The van der Waals surface area contributed by atoms with Crippen LogP contribution in [-0.2, 0) is 14.3 Å². The van der Waals surface area contributed by atoms with E-state index in [4.69, 9.17) is 19.0 Å². The fourth-order valence-electron chi connectivity index (χ4n) is 1.21. The molecule has 0 saturated carbocycles. The molecule has 8 nitrogen and oxygen atoms in total. The van der Waals surface area contributed by atoms with Crippen LogP contribution in [0.2, 0.25) is 0 Å². The van der Waals surface area contributed by atoms with Gasteiger partial charge in [-0.3, -0.25) is 4.79 Å². The lowest BCUT2D eigenvalue weighted by atomic mass is 10.2. The van der Waals surface area contributed by atoms with Crippen LogP contribution in [0.1, 0.15) is 17.3 Å². The summed E-state index contributed by atoms with van der Waals surface area (Å²) in [5.74, 6) is -1.10. The van der Waals surface area contributed by atoms with Crippen molar-refractivity contribution < 1.29 is 38.1 Å². The van der Waals surface area contributed by atoms with Crippen molar-refractivity contribution in [2.45, 2.75) is 6.92 Å². The normalized spacial score (nSPS) is 10.1. The summed E-state index contributed by atoms with van der Waals surface area (Å²) in [5, 5.41) is 0. The van der Waals surface area contributed by atoms with E-state index in [9.17, 15) is 9.59 Å². The minimum absolute atomic E-state index is 0.0696. The number of hydrogen-bond acceptors (Lipinski definition) is 8. The zero-order valence-electron chi connectivity index (χ0n) is 10.7. The number of rotatable bonds is 6. The van der Waals surface area contributed by atoms with E-state index in [1.807, 2.05) is 0 Å². The first-order valence-corrected chi connectivity index (χ1v) is 6.45. The summed E-state index contributed by atoms with van der Waals surface area (Å²) in [6, 6.07) is 3.96.